The normalized spacial score (nSPS) is 12.8. The van der Waals surface area contributed by atoms with Crippen LogP contribution in [0.15, 0.2) is 54.6 Å². The lowest BCUT2D eigenvalue weighted by Gasteiger charge is -2.13. The minimum absolute atomic E-state index is 0.175. The molecule has 5 heteroatoms. The van der Waals surface area contributed by atoms with Crippen molar-refractivity contribution in [2.24, 2.45) is 0 Å². The van der Waals surface area contributed by atoms with Gasteiger partial charge in [0.25, 0.3) is 0 Å². The van der Waals surface area contributed by atoms with E-state index in [1.54, 1.807) is 24.3 Å². The molecule has 0 aliphatic rings. The minimum Gasteiger partial charge on any atom is -0.395 e. The highest BCUT2D eigenvalue weighted by molar-refractivity contribution is 7.92. The Morgan fingerprint density at radius 2 is 1.55 bits per heavy atom. The Balaban J connectivity index is 2.29. The van der Waals surface area contributed by atoms with E-state index in [0.717, 1.165) is 11.1 Å². The molecule has 0 heterocycles. The first kappa shape index (κ1) is 16.4. The molecule has 1 N–H and O–H groups in total. The number of benzene rings is 2. The van der Waals surface area contributed by atoms with Crippen LogP contribution in [-0.2, 0) is 9.84 Å². The molecule has 0 aliphatic carbocycles. The number of hydrogen-bond acceptors (Lipinski definition) is 4. The molecule has 0 saturated heterocycles. The fraction of sp³-hybridized carbons (Fsp3) is 0.235. The molecular weight excluding hydrogens is 300 g/mol. The molecule has 2 aromatic carbocycles. The number of hydrogen-bond donors (Lipinski definition) is 1. The van der Waals surface area contributed by atoms with Gasteiger partial charge in [0.05, 0.1) is 6.61 Å². The van der Waals surface area contributed by atoms with Crippen molar-refractivity contribution in [2.45, 2.75) is 12.2 Å². The van der Waals surface area contributed by atoms with Crippen molar-refractivity contribution in [3.63, 3.8) is 0 Å². The topological polar surface area (TPSA) is 71.4 Å². The smallest absolute Gasteiger partial charge is 0.183 e. The van der Waals surface area contributed by atoms with E-state index in [-0.39, 0.29) is 11.3 Å². The first-order valence-electron chi connectivity index (χ1n) is 7.01. The third-order valence-electron chi connectivity index (χ3n) is 3.57. The fourth-order valence-electron chi connectivity index (χ4n) is 2.20. The summed E-state index contributed by atoms with van der Waals surface area (Å²) in [5.41, 5.74) is 2.24. The number of Topliss-reactive ketones (excluding diaryl/α,β-unsaturated/α-hetero) is 1. The van der Waals surface area contributed by atoms with E-state index in [0.29, 0.717) is 0 Å². The molecule has 2 aromatic rings. The summed E-state index contributed by atoms with van der Waals surface area (Å²) in [5.74, 6) is -0.740. The second-order valence-corrected chi connectivity index (χ2v) is 7.40. The predicted molar refractivity (Wildman–Crippen MR) is 86.5 cm³/mol. The molecule has 22 heavy (non-hydrogen) atoms. The molecule has 1 atom stereocenters. The van der Waals surface area contributed by atoms with Crippen molar-refractivity contribution >= 4 is 15.6 Å². The molecular formula is C17H18O4S. The van der Waals surface area contributed by atoms with Crippen LogP contribution in [0.5, 0.6) is 0 Å². The molecule has 0 aliphatic heterocycles. The summed E-state index contributed by atoms with van der Waals surface area (Å²) < 4.78 is 23.7. The Morgan fingerprint density at radius 3 is 2.05 bits per heavy atom. The number of rotatable bonds is 6. The maximum atomic E-state index is 12.3. The molecule has 0 radical (unpaired) electrons. The average molecular weight is 318 g/mol. The standard InChI is InChI=1S/C17H18O4S/c1-2-22(20,21)16(12-18)17(19)15-10-8-14(9-11-15)13-6-4-3-5-7-13/h3-11,16,18H,2,12H2,1H3/t16-/m0/s1. The highest BCUT2D eigenvalue weighted by Gasteiger charge is 2.31. The number of aliphatic hydroxyl groups excluding tert-OH is 1. The molecule has 4 nitrogen and oxygen atoms in total. The molecule has 0 saturated carbocycles. The van der Waals surface area contributed by atoms with Crippen LogP contribution in [-0.4, -0.2) is 36.9 Å². The molecule has 0 spiro atoms. The van der Waals surface area contributed by atoms with E-state index in [1.807, 2.05) is 30.3 Å². The number of ketones is 1. The molecule has 116 valence electrons. The van der Waals surface area contributed by atoms with Crippen molar-refractivity contribution in [1.82, 2.24) is 0 Å². The van der Waals surface area contributed by atoms with Gasteiger partial charge in [-0.05, 0) is 11.1 Å². The first-order chi connectivity index (χ1) is 10.5. The average Bonchev–Trinajstić information content (AvgIpc) is 2.56. The summed E-state index contributed by atoms with van der Waals surface area (Å²) in [6, 6.07) is 16.4. The highest BCUT2D eigenvalue weighted by atomic mass is 32.2. The number of carbonyl (C=O) groups is 1. The van der Waals surface area contributed by atoms with Gasteiger partial charge in [-0.15, -0.1) is 0 Å². The third kappa shape index (κ3) is 3.43. The zero-order valence-electron chi connectivity index (χ0n) is 12.3. The summed E-state index contributed by atoms with van der Waals surface area (Å²) in [5, 5.41) is 7.87. The second-order valence-electron chi connectivity index (χ2n) is 4.93. The van der Waals surface area contributed by atoms with E-state index < -0.39 is 27.5 Å². The number of sulfone groups is 1. The van der Waals surface area contributed by atoms with Crippen molar-refractivity contribution in [1.29, 1.82) is 0 Å². The van der Waals surface area contributed by atoms with Gasteiger partial charge in [-0.25, -0.2) is 8.42 Å². The van der Waals surface area contributed by atoms with Gasteiger partial charge >= 0.3 is 0 Å². The lowest BCUT2D eigenvalue weighted by atomic mass is 10.0. The Labute approximate surface area is 130 Å². The molecule has 2 rings (SSSR count). The lowest BCUT2D eigenvalue weighted by molar-refractivity contribution is 0.0961. The van der Waals surface area contributed by atoms with Crippen LogP contribution in [0, 0.1) is 0 Å². The SMILES string of the molecule is CCS(=O)(=O)[C@@H](CO)C(=O)c1ccc(-c2ccccc2)cc1. The fourth-order valence-corrected chi connectivity index (χ4v) is 3.30. The van der Waals surface area contributed by atoms with E-state index in [1.165, 1.54) is 6.92 Å². The minimum atomic E-state index is -3.62. The van der Waals surface area contributed by atoms with E-state index in [4.69, 9.17) is 0 Å². The van der Waals surface area contributed by atoms with Crippen LogP contribution >= 0.6 is 0 Å². The summed E-state index contributed by atoms with van der Waals surface area (Å²) >= 11 is 0. The van der Waals surface area contributed by atoms with Gasteiger partial charge in [0, 0.05) is 11.3 Å². The van der Waals surface area contributed by atoms with Crippen LogP contribution in [0.3, 0.4) is 0 Å². The van der Waals surface area contributed by atoms with Gasteiger partial charge in [0.1, 0.15) is 5.25 Å². The monoisotopic (exact) mass is 318 g/mol. The van der Waals surface area contributed by atoms with Gasteiger partial charge < -0.3 is 5.11 Å². The second kappa shape index (κ2) is 6.85. The van der Waals surface area contributed by atoms with Crippen molar-refractivity contribution in [2.75, 3.05) is 12.4 Å². The zero-order valence-corrected chi connectivity index (χ0v) is 13.1. The zero-order chi connectivity index (χ0) is 16.2. The van der Waals surface area contributed by atoms with Crippen molar-refractivity contribution < 1.29 is 18.3 Å². The van der Waals surface area contributed by atoms with E-state index >= 15 is 0 Å². The van der Waals surface area contributed by atoms with Gasteiger partial charge in [0.2, 0.25) is 0 Å². The number of aliphatic hydroxyl groups is 1. The molecule has 0 aromatic heterocycles. The van der Waals surface area contributed by atoms with Gasteiger partial charge in [-0.3, -0.25) is 4.79 Å². The van der Waals surface area contributed by atoms with Crippen molar-refractivity contribution in [3.05, 3.63) is 60.2 Å². The molecule has 0 amide bonds. The van der Waals surface area contributed by atoms with Crippen LogP contribution < -0.4 is 0 Å². The molecule has 0 bridgehead atoms. The largest absolute Gasteiger partial charge is 0.395 e. The Kier molecular flexibility index (Phi) is 5.11. The Hall–Kier alpha value is -1.98. The van der Waals surface area contributed by atoms with Crippen molar-refractivity contribution in [3.8, 4) is 11.1 Å². The predicted octanol–water partition coefficient (Wildman–Crippen LogP) is 2.33. The molecule has 0 unspecified atom stereocenters. The summed E-state index contributed by atoms with van der Waals surface area (Å²) in [6.45, 7) is 0.763. The Bertz CT molecular complexity index is 734. The van der Waals surface area contributed by atoms with Crippen LogP contribution in [0.25, 0.3) is 11.1 Å². The van der Waals surface area contributed by atoms with Crippen LogP contribution in [0.2, 0.25) is 0 Å². The van der Waals surface area contributed by atoms with Crippen LogP contribution in [0.1, 0.15) is 17.3 Å². The maximum absolute atomic E-state index is 12.3. The lowest BCUT2D eigenvalue weighted by Crippen LogP contribution is -2.35. The summed E-state index contributed by atoms with van der Waals surface area (Å²) in [7, 11) is -3.62. The van der Waals surface area contributed by atoms with Crippen LogP contribution in [0.4, 0.5) is 0 Å². The third-order valence-corrected chi connectivity index (χ3v) is 5.61. The van der Waals surface area contributed by atoms with Gasteiger partial charge in [-0.2, -0.15) is 0 Å². The number of carbonyl (C=O) groups excluding carboxylic acids is 1. The molecule has 0 fully saturated rings. The van der Waals surface area contributed by atoms with Gasteiger partial charge in [-0.1, -0.05) is 61.5 Å². The first-order valence-corrected chi connectivity index (χ1v) is 8.73. The van der Waals surface area contributed by atoms with E-state index in [2.05, 4.69) is 0 Å². The summed E-state index contributed by atoms with van der Waals surface area (Å²) in [6.07, 6.45) is 0. The Morgan fingerprint density at radius 1 is 1.00 bits per heavy atom. The van der Waals surface area contributed by atoms with E-state index in [9.17, 15) is 18.3 Å². The maximum Gasteiger partial charge on any atom is 0.183 e. The summed E-state index contributed by atoms with van der Waals surface area (Å²) in [4.78, 5) is 12.3. The quantitative estimate of drug-likeness (QED) is 0.830. The highest BCUT2D eigenvalue weighted by Crippen LogP contribution is 2.20. The van der Waals surface area contributed by atoms with Gasteiger partial charge in [0.15, 0.2) is 15.6 Å².